The summed E-state index contributed by atoms with van der Waals surface area (Å²) < 4.78 is 11.2. The van der Waals surface area contributed by atoms with Gasteiger partial charge in [0.25, 0.3) is 11.1 Å². The Morgan fingerprint density at radius 3 is 1.95 bits per heavy atom. The number of rotatable bonds is 6. The van der Waals surface area contributed by atoms with Crippen LogP contribution < -0.4 is 15.9 Å². The fourth-order valence-electron chi connectivity index (χ4n) is 4.49. The molecule has 0 aliphatic carbocycles. The van der Waals surface area contributed by atoms with Crippen molar-refractivity contribution in [2.75, 3.05) is 0 Å². The van der Waals surface area contributed by atoms with Crippen molar-refractivity contribution in [1.29, 1.82) is 5.26 Å². The third kappa shape index (κ3) is 5.24. The van der Waals surface area contributed by atoms with Crippen LogP contribution in [0, 0.1) is 20.9 Å². The highest BCUT2D eigenvalue weighted by atomic mass is 79.9. The maximum Gasteiger partial charge on any atom is 0.262 e. The zero-order valence-electron chi connectivity index (χ0n) is 22.2. The van der Waals surface area contributed by atoms with E-state index >= 15 is 0 Å². The van der Waals surface area contributed by atoms with Gasteiger partial charge in [0.05, 0.1) is 38.2 Å². The first-order chi connectivity index (χ1) is 19.3. The Hall–Kier alpha value is -3.70. The normalized spacial score (nSPS) is 11.1. The third-order valence-corrected chi connectivity index (χ3v) is 8.74. The molecule has 2 heterocycles. The molecule has 10 nitrogen and oxygen atoms in total. The van der Waals surface area contributed by atoms with Crippen LogP contribution in [0.5, 0.6) is 17.5 Å². The number of halogens is 2. The zero-order valence-corrected chi connectivity index (χ0v) is 26.2. The summed E-state index contributed by atoms with van der Waals surface area (Å²) >= 11 is 20.7. The third-order valence-electron chi connectivity index (χ3n) is 6.78. The molecular formula is C27H23BrClN5O5S2. The highest BCUT2D eigenvalue weighted by molar-refractivity contribution is 9.10. The van der Waals surface area contributed by atoms with E-state index in [2.05, 4.69) is 22.0 Å². The number of hydrogen-bond acceptors (Lipinski definition) is 8. The molecule has 41 heavy (non-hydrogen) atoms. The minimum Gasteiger partial charge on any atom is -0.494 e. The topological polar surface area (TPSA) is 127 Å². The summed E-state index contributed by atoms with van der Waals surface area (Å²) in [6.07, 6.45) is 0. The minimum absolute atomic E-state index is 0.0409. The lowest BCUT2D eigenvalue weighted by molar-refractivity contribution is 0.304. The number of aromatic nitrogens is 4. The predicted molar refractivity (Wildman–Crippen MR) is 162 cm³/mol. The molecule has 0 radical (unpaired) electrons. The van der Waals surface area contributed by atoms with Crippen LogP contribution in [0.3, 0.4) is 0 Å². The van der Waals surface area contributed by atoms with Gasteiger partial charge in [0.1, 0.15) is 6.61 Å². The van der Waals surface area contributed by atoms with E-state index in [1.807, 2.05) is 0 Å². The molecule has 0 spiro atoms. The van der Waals surface area contributed by atoms with Crippen LogP contribution in [0.2, 0.25) is 5.02 Å². The molecule has 2 N–H and O–H groups in total. The summed E-state index contributed by atoms with van der Waals surface area (Å²) in [5, 5.41) is 31.8. The van der Waals surface area contributed by atoms with Crippen molar-refractivity contribution in [3.05, 3.63) is 104 Å². The molecule has 0 aliphatic heterocycles. The van der Waals surface area contributed by atoms with E-state index in [1.54, 1.807) is 30.3 Å². The van der Waals surface area contributed by atoms with Gasteiger partial charge in [-0.3, -0.25) is 27.9 Å². The van der Waals surface area contributed by atoms with E-state index in [-0.39, 0.29) is 43.6 Å². The van der Waals surface area contributed by atoms with Crippen LogP contribution in [-0.4, -0.2) is 28.5 Å². The standard InChI is InChI=1S/C27H23BrClN5O5S2/c1-31-22(35)19(23(36)32(2)26(31)40)18(20-24(37)33(3)27(41)34(4)25(20)38)15-9-16(28)21(17(29)10-15)39-12-14-8-6-5-7-13(14)11-30/h5-10,18,35,37H,12H2,1-4H3. The number of aromatic hydroxyl groups is 2. The lowest BCUT2D eigenvalue weighted by Gasteiger charge is -2.24. The number of ether oxygens (including phenoxy) is 1. The first-order valence-corrected chi connectivity index (χ1v) is 13.9. The van der Waals surface area contributed by atoms with Gasteiger partial charge < -0.3 is 14.9 Å². The van der Waals surface area contributed by atoms with Crippen LogP contribution >= 0.6 is 52.0 Å². The summed E-state index contributed by atoms with van der Waals surface area (Å²) in [6.45, 7) is 0.0414. The van der Waals surface area contributed by atoms with Crippen LogP contribution in [0.4, 0.5) is 0 Å². The Balaban J connectivity index is 2.00. The lowest BCUT2D eigenvalue weighted by atomic mass is 9.86. The van der Waals surface area contributed by atoms with Gasteiger partial charge in [-0.05, 0) is 64.1 Å². The van der Waals surface area contributed by atoms with Crippen molar-refractivity contribution in [2.24, 2.45) is 28.2 Å². The fourth-order valence-corrected chi connectivity index (χ4v) is 5.82. The molecule has 4 rings (SSSR count). The molecule has 2 aromatic carbocycles. The maximum absolute atomic E-state index is 13.6. The second-order valence-electron chi connectivity index (χ2n) is 9.19. The number of nitrogens with zero attached hydrogens (tertiary/aromatic N) is 5. The summed E-state index contributed by atoms with van der Waals surface area (Å²) in [6, 6.07) is 12.1. The van der Waals surface area contributed by atoms with E-state index in [4.69, 9.17) is 40.8 Å². The highest BCUT2D eigenvalue weighted by Gasteiger charge is 2.33. The molecule has 0 amide bonds. The Bertz CT molecular complexity index is 1900. The second kappa shape index (κ2) is 11.7. The molecule has 14 heteroatoms. The number of hydrogen-bond donors (Lipinski definition) is 2. The van der Waals surface area contributed by atoms with Crippen LogP contribution in [-0.2, 0) is 34.8 Å². The Morgan fingerprint density at radius 1 is 0.951 bits per heavy atom. The Morgan fingerprint density at radius 2 is 1.46 bits per heavy atom. The summed E-state index contributed by atoms with van der Waals surface area (Å²) in [5.74, 6) is -2.04. The lowest BCUT2D eigenvalue weighted by Crippen LogP contribution is -2.33. The van der Waals surface area contributed by atoms with Crippen molar-refractivity contribution in [1.82, 2.24) is 18.3 Å². The molecule has 0 aliphatic rings. The van der Waals surface area contributed by atoms with Crippen LogP contribution in [0.15, 0.2) is 50.5 Å². The zero-order chi connectivity index (χ0) is 30.3. The SMILES string of the molecule is Cn1c(O)c(C(c2cc(Cl)c(OCc3ccccc3C#N)c(Br)c2)c2c(O)n(C)c(=S)n(C)c2=O)c(=O)n(C)c1=S. The maximum atomic E-state index is 13.6. The van der Waals surface area contributed by atoms with E-state index < -0.39 is 28.8 Å². The Kier molecular flexibility index (Phi) is 8.60. The molecule has 0 fully saturated rings. The average Bonchev–Trinajstić information content (AvgIpc) is 2.95. The molecule has 2 aromatic heterocycles. The van der Waals surface area contributed by atoms with E-state index in [9.17, 15) is 25.1 Å². The number of benzene rings is 2. The van der Waals surface area contributed by atoms with Crippen LogP contribution in [0.1, 0.15) is 33.7 Å². The number of nitriles is 1. The van der Waals surface area contributed by atoms with Gasteiger partial charge >= 0.3 is 0 Å². The van der Waals surface area contributed by atoms with Crippen molar-refractivity contribution in [3.63, 3.8) is 0 Å². The molecule has 212 valence electrons. The van der Waals surface area contributed by atoms with Crippen molar-refractivity contribution >= 4 is 52.0 Å². The summed E-state index contributed by atoms with van der Waals surface area (Å²) in [5.41, 5.74) is -0.410. The smallest absolute Gasteiger partial charge is 0.262 e. The van der Waals surface area contributed by atoms with E-state index in [1.165, 1.54) is 43.4 Å². The molecular weight excluding hydrogens is 654 g/mol. The van der Waals surface area contributed by atoms with Gasteiger partial charge in [-0.25, -0.2) is 0 Å². The summed E-state index contributed by atoms with van der Waals surface area (Å²) in [7, 11) is 5.82. The van der Waals surface area contributed by atoms with Gasteiger partial charge in [-0.1, -0.05) is 29.8 Å². The highest BCUT2D eigenvalue weighted by Crippen LogP contribution is 2.42. The molecule has 0 saturated carbocycles. The second-order valence-corrected chi connectivity index (χ2v) is 11.2. The van der Waals surface area contributed by atoms with Crippen molar-refractivity contribution < 1.29 is 14.9 Å². The van der Waals surface area contributed by atoms with Gasteiger partial charge in [-0.2, -0.15) is 5.26 Å². The largest absolute Gasteiger partial charge is 0.494 e. The van der Waals surface area contributed by atoms with E-state index in [0.29, 0.717) is 15.6 Å². The van der Waals surface area contributed by atoms with E-state index in [0.717, 1.165) is 9.13 Å². The van der Waals surface area contributed by atoms with Gasteiger partial charge in [0, 0.05) is 33.8 Å². The minimum atomic E-state index is -1.31. The fraction of sp³-hybridized carbons (Fsp3) is 0.222. The quantitative estimate of drug-likeness (QED) is 0.282. The van der Waals surface area contributed by atoms with Crippen LogP contribution in [0.25, 0.3) is 0 Å². The van der Waals surface area contributed by atoms with Crippen molar-refractivity contribution in [3.8, 4) is 23.6 Å². The average molecular weight is 677 g/mol. The molecule has 0 bridgehead atoms. The predicted octanol–water partition coefficient (Wildman–Crippen LogP) is 4.68. The van der Waals surface area contributed by atoms with Gasteiger partial charge in [0.2, 0.25) is 11.8 Å². The summed E-state index contributed by atoms with van der Waals surface area (Å²) in [4.78, 5) is 27.2. The Labute approximate surface area is 257 Å². The van der Waals surface area contributed by atoms with Gasteiger partial charge in [0.15, 0.2) is 15.3 Å². The first-order valence-electron chi connectivity index (χ1n) is 11.9. The monoisotopic (exact) mass is 675 g/mol. The molecule has 4 aromatic rings. The molecule has 0 atom stereocenters. The van der Waals surface area contributed by atoms with Crippen molar-refractivity contribution in [2.45, 2.75) is 12.5 Å². The van der Waals surface area contributed by atoms with Gasteiger partial charge in [-0.15, -0.1) is 0 Å². The first kappa shape index (κ1) is 30.3. The molecule has 0 unspecified atom stereocenters. The molecule has 0 saturated heterocycles.